The summed E-state index contributed by atoms with van der Waals surface area (Å²) in [5, 5.41) is 0. The van der Waals surface area contributed by atoms with Crippen molar-refractivity contribution in [2.45, 2.75) is 32.7 Å². The Hall–Kier alpha value is -1.30. The van der Waals surface area contributed by atoms with Crippen molar-refractivity contribution in [2.75, 3.05) is 20.1 Å². The summed E-state index contributed by atoms with van der Waals surface area (Å²) in [4.78, 5) is 2.36. The van der Waals surface area contributed by atoms with Crippen molar-refractivity contribution in [3.63, 3.8) is 0 Å². The zero-order valence-electron chi connectivity index (χ0n) is 11.6. The molecule has 0 atom stereocenters. The standard InChI is InChI=1S/C16H24N2/c1-3-4-7-13-18(2)14-16-10-6-5-9-15(16)11-8-12-17/h5-6,9-10H,3-4,7,12-14,17H2,1-2H3. The van der Waals surface area contributed by atoms with Crippen LogP contribution in [-0.4, -0.2) is 25.0 Å². The largest absolute Gasteiger partial charge is 0.320 e. The van der Waals surface area contributed by atoms with Crippen LogP contribution < -0.4 is 5.73 Å². The summed E-state index contributed by atoms with van der Waals surface area (Å²) in [6, 6.07) is 8.32. The van der Waals surface area contributed by atoms with Gasteiger partial charge in [0.25, 0.3) is 0 Å². The predicted molar refractivity (Wildman–Crippen MR) is 78.2 cm³/mol. The number of hydrogen-bond donors (Lipinski definition) is 1. The van der Waals surface area contributed by atoms with E-state index in [1.165, 1.54) is 24.8 Å². The molecule has 2 heteroatoms. The molecule has 0 fully saturated rings. The summed E-state index contributed by atoms with van der Waals surface area (Å²) in [7, 11) is 2.17. The predicted octanol–water partition coefficient (Wildman–Crippen LogP) is 2.62. The molecule has 1 aromatic rings. The third kappa shape index (κ3) is 5.35. The molecule has 0 saturated heterocycles. The number of rotatable bonds is 6. The van der Waals surface area contributed by atoms with Gasteiger partial charge in [0.15, 0.2) is 0 Å². The van der Waals surface area contributed by atoms with E-state index in [9.17, 15) is 0 Å². The normalized spacial score (nSPS) is 10.2. The fraction of sp³-hybridized carbons (Fsp3) is 0.500. The molecule has 0 aromatic heterocycles. The molecule has 1 rings (SSSR count). The van der Waals surface area contributed by atoms with Crippen molar-refractivity contribution in [2.24, 2.45) is 5.73 Å². The van der Waals surface area contributed by atoms with Crippen molar-refractivity contribution in [3.05, 3.63) is 35.4 Å². The number of nitrogens with zero attached hydrogens (tertiary/aromatic N) is 1. The minimum Gasteiger partial charge on any atom is -0.320 e. The van der Waals surface area contributed by atoms with Gasteiger partial charge in [-0.05, 0) is 31.6 Å². The van der Waals surface area contributed by atoms with Crippen molar-refractivity contribution in [3.8, 4) is 11.8 Å². The molecule has 0 bridgehead atoms. The van der Waals surface area contributed by atoms with E-state index in [1.807, 2.05) is 6.07 Å². The maximum Gasteiger partial charge on any atom is 0.0555 e. The lowest BCUT2D eigenvalue weighted by Gasteiger charge is -2.17. The molecule has 18 heavy (non-hydrogen) atoms. The first-order chi connectivity index (χ1) is 8.77. The van der Waals surface area contributed by atoms with E-state index in [0.29, 0.717) is 6.54 Å². The zero-order chi connectivity index (χ0) is 13.2. The van der Waals surface area contributed by atoms with Gasteiger partial charge in [-0.15, -0.1) is 0 Å². The monoisotopic (exact) mass is 244 g/mol. The van der Waals surface area contributed by atoms with Crippen molar-refractivity contribution in [1.29, 1.82) is 0 Å². The van der Waals surface area contributed by atoms with Crippen LogP contribution in [0.25, 0.3) is 0 Å². The second-order valence-electron chi connectivity index (χ2n) is 4.61. The Balaban J connectivity index is 2.60. The van der Waals surface area contributed by atoms with E-state index < -0.39 is 0 Å². The van der Waals surface area contributed by atoms with Gasteiger partial charge in [-0.3, -0.25) is 0 Å². The topological polar surface area (TPSA) is 29.3 Å². The quantitative estimate of drug-likeness (QED) is 0.615. The number of hydrogen-bond acceptors (Lipinski definition) is 2. The Bertz CT molecular complexity index is 401. The summed E-state index contributed by atoms with van der Waals surface area (Å²) in [5.41, 5.74) is 7.82. The van der Waals surface area contributed by atoms with E-state index in [4.69, 9.17) is 5.73 Å². The first kappa shape index (κ1) is 14.8. The molecule has 0 aliphatic heterocycles. The average Bonchev–Trinajstić information content (AvgIpc) is 2.38. The van der Waals surface area contributed by atoms with Crippen LogP contribution in [0.15, 0.2) is 24.3 Å². The minimum atomic E-state index is 0.417. The highest BCUT2D eigenvalue weighted by atomic mass is 15.1. The van der Waals surface area contributed by atoms with Crippen LogP contribution in [0, 0.1) is 11.8 Å². The summed E-state index contributed by atoms with van der Waals surface area (Å²) in [6.07, 6.45) is 3.84. The summed E-state index contributed by atoms with van der Waals surface area (Å²) < 4.78 is 0. The van der Waals surface area contributed by atoms with Gasteiger partial charge in [0.1, 0.15) is 0 Å². The maximum atomic E-state index is 5.42. The fourth-order valence-corrected chi connectivity index (χ4v) is 1.93. The molecule has 0 radical (unpaired) electrons. The van der Waals surface area contributed by atoms with Gasteiger partial charge in [0.2, 0.25) is 0 Å². The van der Waals surface area contributed by atoms with Gasteiger partial charge >= 0.3 is 0 Å². The van der Waals surface area contributed by atoms with E-state index in [-0.39, 0.29) is 0 Å². The SMILES string of the molecule is CCCCCN(C)Cc1ccccc1C#CCN. The highest BCUT2D eigenvalue weighted by Gasteiger charge is 2.03. The highest BCUT2D eigenvalue weighted by Crippen LogP contribution is 2.10. The Morgan fingerprint density at radius 2 is 2.00 bits per heavy atom. The Morgan fingerprint density at radius 3 is 2.72 bits per heavy atom. The summed E-state index contributed by atoms with van der Waals surface area (Å²) in [6.45, 7) is 4.75. The van der Waals surface area contributed by atoms with E-state index in [0.717, 1.165) is 18.7 Å². The van der Waals surface area contributed by atoms with Crippen LogP contribution in [-0.2, 0) is 6.54 Å². The third-order valence-corrected chi connectivity index (χ3v) is 2.93. The zero-order valence-corrected chi connectivity index (χ0v) is 11.6. The molecular formula is C16H24N2. The second kappa shape index (κ2) is 8.74. The first-order valence-corrected chi connectivity index (χ1v) is 6.73. The molecule has 0 aliphatic carbocycles. The Labute approximate surface area is 111 Å². The summed E-state index contributed by atoms with van der Waals surface area (Å²) >= 11 is 0. The van der Waals surface area contributed by atoms with Crippen LogP contribution in [0.3, 0.4) is 0 Å². The lowest BCUT2D eigenvalue weighted by Crippen LogP contribution is -2.19. The summed E-state index contributed by atoms with van der Waals surface area (Å²) in [5.74, 6) is 6.07. The average molecular weight is 244 g/mol. The van der Waals surface area contributed by atoms with Crippen LogP contribution in [0.5, 0.6) is 0 Å². The van der Waals surface area contributed by atoms with Crippen LogP contribution >= 0.6 is 0 Å². The number of nitrogens with two attached hydrogens (primary N) is 1. The molecule has 0 spiro atoms. The molecule has 0 saturated carbocycles. The second-order valence-corrected chi connectivity index (χ2v) is 4.61. The van der Waals surface area contributed by atoms with E-state index in [2.05, 4.69) is 48.9 Å². The van der Waals surface area contributed by atoms with Gasteiger partial charge in [-0.2, -0.15) is 0 Å². The Kier molecular flexibility index (Phi) is 7.17. The molecule has 0 amide bonds. The number of benzene rings is 1. The van der Waals surface area contributed by atoms with Gasteiger partial charge in [0, 0.05) is 12.1 Å². The highest BCUT2D eigenvalue weighted by molar-refractivity contribution is 5.41. The molecule has 0 unspecified atom stereocenters. The third-order valence-electron chi connectivity index (χ3n) is 2.93. The molecule has 0 aliphatic rings. The first-order valence-electron chi connectivity index (χ1n) is 6.73. The van der Waals surface area contributed by atoms with E-state index in [1.54, 1.807) is 0 Å². The lowest BCUT2D eigenvalue weighted by molar-refractivity contribution is 0.318. The minimum absolute atomic E-state index is 0.417. The van der Waals surface area contributed by atoms with Gasteiger partial charge < -0.3 is 10.6 Å². The number of unbranched alkanes of at least 4 members (excludes halogenated alkanes) is 2. The molecule has 0 heterocycles. The fourth-order valence-electron chi connectivity index (χ4n) is 1.93. The van der Waals surface area contributed by atoms with Crippen LogP contribution in [0.1, 0.15) is 37.3 Å². The van der Waals surface area contributed by atoms with Crippen molar-refractivity contribution < 1.29 is 0 Å². The van der Waals surface area contributed by atoms with E-state index >= 15 is 0 Å². The molecule has 98 valence electrons. The van der Waals surface area contributed by atoms with Crippen molar-refractivity contribution in [1.82, 2.24) is 4.90 Å². The van der Waals surface area contributed by atoms with Crippen molar-refractivity contribution >= 4 is 0 Å². The molecular weight excluding hydrogens is 220 g/mol. The van der Waals surface area contributed by atoms with Crippen LogP contribution in [0.2, 0.25) is 0 Å². The van der Waals surface area contributed by atoms with Gasteiger partial charge in [-0.1, -0.05) is 49.8 Å². The van der Waals surface area contributed by atoms with Crippen LogP contribution in [0.4, 0.5) is 0 Å². The molecule has 2 N–H and O–H groups in total. The smallest absolute Gasteiger partial charge is 0.0555 e. The van der Waals surface area contributed by atoms with Gasteiger partial charge in [-0.25, -0.2) is 0 Å². The Morgan fingerprint density at radius 1 is 1.22 bits per heavy atom. The molecule has 1 aromatic carbocycles. The lowest BCUT2D eigenvalue weighted by atomic mass is 10.1. The molecule has 2 nitrogen and oxygen atoms in total. The maximum absolute atomic E-state index is 5.42. The van der Waals surface area contributed by atoms with Gasteiger partial charge in [0.05, 0.1) is 6.54 Å².